The van der Waals surface area contributed by atoms with Gasteiger partial charge in [0.25, 0.3) is 5.69 Å². The van der Waals surface area contributed by atoms with Gasteiger partial charge in [-0.15, -0.1) is 0 Å². The first-order valence-corrected chi connectivity index (χ1v) is 6.32. The molecule has 0 amide bonds. The molecule has 0 radical (unpaired) electrons. The fourth-order valence-electron chi connectivity index (χ4n) is 2.25. The zero-order valence-electron chi connectivity index (χ0n) is 11.1. The summed E-state index contributed by atoms with van der Waals surface area (Å²) >= 11 is 0. The molecule has 1 fully saturated rings. The number of hydrogen-bond acceptors (Lipinski definition) is 5. The molecular weight excluding hydrogens is 248 g/mol. The highest BCUT2D eigenvalue weighted by atomic mass is 16.6. The number of methoxy groups -OCH3 is 1. The lowest BCUT2D eigenvalue weighted by molar-refractivity contribution is -0.384. The van der Waals surface area contributed by atoms with E-state index in [1.807, 2.05) is 6.92 Å². The van der Waals surface area contributed by atoms with Gasteiger partial charge in [0, 0.05) is 24.8 Å². The number of rotatable bonds is 5. The van der Waals surface area contributed by atoms with E-state index in [9.17, 15) is 10.1 Å². The Labute approximate surface area is 111 Å². The zero-order valence-corrected chi connectivity index (χ0v) is 11.1. The summed E-state index contributed by atoms with van der Waals surface area (Å²) in [5.41, 5.74) is 0.512. The lowest BCUT2D eigenvalue weighted by atomic mass is 10.1. The Kier molecular flexibility index (Phi) is 4.21. The molecule has 6 nitrogen and oxygen atoms in total. The average Bonchev–Trinajstić information content (AvgIpc) is 2.92. The summed E-state index contributed by atoms with van der Waals surface area (Å²) in [6.45, 7) is 2.73. The Morgan fingerprint density at radius 1 is 1.58 bits per heavy atom. The second-order valence-corrected chi connectivity index (χ2v) is 4.62. The first-order chi connectivity index (χ1) is 9.11. The predicted octanol–water partition coefficient (Wildman–Crippen LogP) is 2.58. The van der Waals surface area contributed by atoms with Crippen molar-refractivity contribution in [2.75, 3.05) is 19.0 Å². The fraction of sp³-hybridized carbons (Fsp3) is 0.538. The molecule has 0 saturated carbocycles. The summed E-state index contributed by atoms with van der Waals surface area (Å²) in [6, 6.07) is 4.70. The summed E-state index contributed by atoms with van der Waals surface area (Å²) in [5, 5.41) is 14.2. The maximum Gasteiger partial charge on any atom is 0.292 e. The smallest absolute Gasteiger partial charge is 0.292 e. The molecule has 1 N–H and O–H groups in total. The molecule has 19 heavy (non-hydrogen) atoms. The highest BCUT2D eigenvalue weighted by Crippen LogP contribution is 2.30. The summed E-state index contributed by atoms with van der Waals surface area (Å²) in [5.74, 6) is 0.590. The number of ether oxygens (including phenoxy) is 2. The van der Waals surface area contributed by atoms with Crippen molar-refractivity contribution in [3.8, 4) is 5.75 Å². The first kappa shape index (κ1) is 13.6. The molecule has 2 unspecified atom stereocenters. The number of nitro groups is 1. The van der Waals surface area contributed by atoms with Crippen LogP contribution < -0.4 is 10.1 Å². The van der Waals surface area contributed by atoms with Crippen LogP contribution in [-0.4, -0.2) is 30.8 Å². The van der Waals surface area contributed by atoms with Gasteiger partial charge in [0.15, 0.2) is 0 Å². The van der Waals surface area contributed by atoms with Crippen molar-refractivity contribution in [1.29, 1.82) is 0 Å². The van der Waals surface area contributed by atoms with E-state index in [1.54, 1.807) is 12.1 Å². The Bertz CT molecular complexity index is 458. The minimum absolute atomic E-state index is 0.0216. The van der Waals surface area contributed by atoms with E-state index in [1.165, 1.54) is 13.2 Å². The quantitative estimate of drug-likeness (QED) is 0.655. The second kappa shape index (κ2) is 5.88. The van der Waals surface area contributed by atoms with E-state index in [0.29, 0.717) is 11.4 Å². The van der Waals surface area contributed by atoms with Gasteiger partial charge in [-0.05, 0) is 25.8 Å². The molecule has 0 aliphatic carbocycles. The molecule has 1 aliphatic rings. The normalized spacial score (nSPS) is 20.0. The van der Waals surface area contributed by atoms with Crippen LogP contribution in [0, 0.1) is 10.1 Å². The number of nitrogens with zero attached hydrogens (tertiary/aromatic N) is 1. The average molecular weight is 266 g/mol. The highest BCUT2D eigenvalue weighted by Gasteiger charge is 2.24. The molecule has 1 heterocycles. The standard InChI is InChI=1S/C13H18N2O4/c1-9(13-4-3-7-19-13)14-11-8-10(18-2)5-6-12(11)15(16)17/h5-6,8-9,13-14H,3-4,7H2,1-2H3. The lowest BCUT2D eigenvalue weighted by Gasteiger charge is -2.21. The summed E-state index contributed by atoms with van der Waals surface area (Å²) < 4.78 is 10.7. The van der Waals surface area contributed by atoms with Gasteiger partial charge in [-0.2, -0.15) is 0 Å². The third-order valence-corrected chi connectivity index (χ3v) is 3.31. The molecule has 1 aromatic carbocycles. The third-order valence-electron chi connectivity index (χ3n) is 3.31. The van der Waals surface area contributed by atoms with E-state index in [4.69, 9.17) is 9.47 Å². The minimum Gasteiger partial charge on any atom is -0.497 e. The number of hydrogen-bond donors (Lipinski definition) is 1. The molecule has 0 bridgehead atoms. The van der Waals surface area contributed by atoms with Gasteiger partial charge >= 0.3 is 0 Å². The van der Waals surface area contributed by atoms with Gasteiger partial charge in [-0.3, -0.25) is 10.1 Å². The fourth-order valence-corrected chi connectivity index (χ4v) is 2.25. The van der Waals surface area contributed by atoms with Crippen molar-refractivity contribution >= 4 is 11.4 Å². The van der Waals surface area contributed by atoms with Crippen LogP contribution in [0.1, 0.15) is 19.8 Å². The first-order valence-electron chi connectivity index (χ1n) is 6.32. The van der Waals surface area contributed by atoms with Crippen molar-refractivity contribution in [2.45, 2.75) is 31.9 Å². The largest absolute Gasteiger partial charge is 0.497 e. The van der Waals surface area contributed by atoms with Gasteiger partial charge in [-0.25, -0.2) is 0 Å². The van der Waals surface area contributed by atoms with Crippen molar-refractivity contribution in [3.63, 3.8) is 0 Å². The summed E-state index contributed by atoms with van der Waals surface area (Å²) in [4.78, 5) is 10.6. The zero-order chi connectivity index (χ0) is 13.8. The molecule has 6 heteroatoms. The molecule has 0 spiro atoms. The van der Waals surface area contributed by atoms with E-state index in [0.717, 1.165) is 19.4 Å². The van der Waals surface area contributed by atoms with Crippen LogP contribution in [0.5, 0.6) is 5.75 Å². The molecular formula is C13H18N2O4. The Hall–Kier alpha value is -1.82. The summed E-state index contributed by atoms with van der Waals surface area (Å²) in [6.07, 6.45) is 2.12. The minimum atomic E-state index is -0.399. The third kappa shape index (κ3) is 3.14. The van der Waals surface area contributed by atoms with Crippen molar-refractivity contribution in [2.24, 2.45) is 0 Å². The number of nitro benzene ring substituents is 1. The van der Waals surface area contributed by atoms with Crippen LogP contribution >= 0.6 is 0 Å². The Morgan fingerprint density at radius 3 is 2.95 bits per heavy atom. The van der Waals surface area contributed by atoms with Crippen LogP contribution in [0.25, 0.3) is 0 Å². The SMILES string of the molecule is COc1ccc([N+](=O)[O-])c(NC(C)C2CCCO2)c1. The van der Waals surface area contributed by atoms with Gasteiger partial charge in [0.1, 0.15) is 11.4 Å². The molecule has 0 aromatic heterocycles. The van der Waals surface area contributed by atoms with Crippen LogP contribution in [0.15, 0.2) is 18.2 Å². The topological polar surface area (TPSA) is 73.6 Å². The second-order valence-electron chi connectivity index (χ2n) is 4.62. The molecule has 104 valence electrons. The summed E-state index contributed by atoms with van der Waals surface area (Å²) in [7, 11) is 1.54. The maximum atomic E-state index is 11.0. The van der Waals surface area contributed by atoms with Gasteiger partial charge < -0.3 is 14.8 Å². The van der Waals surface area contributed by atoms with Gasteiger partial charge in [-0.1, -0.05) is 0 Å². The Morgan fingerprint density at radius 2 is 2.37 bits per heavy atom. The maximum absolute atomic E-state index is 11.0. The molecule has 2 rings (SSSR count). The molecule has 1 aromatic rings. The predicted molar refractivity (Wildman–Crippen MR) is 71.7 cm³/mol. The van der Waals surface area contributed by atoms with E-state index < -0.39 is 4.92 Å². The van der Waals surface area contributed by atoms with E-state index >= 15 is 0 Å². The lowest BCUT2D eigenvalue weighted by Crippen LogP contribution is -2.30. The number of anilines is 1. The van der Waals surface area contributed by atoms with Crippen molar-refractivity contribution in [1.82, 2.24) is 0 Å². The van der Waals surface area contributed by atoms with Gasteiger partial charge in [0.2, 0.25) is 0 Å². The van der Waals surface area contributed by atoms with Gasteiger partial charge in [0.05, 0.1) is 18.1 Å². The van der Waals surface area contributed by atoms with Crippen molar-refractivity contribution < 1.29 is 14.4 Å². The Balaban J connectivity index is 2.18. The molecule has 1 aliphatic heterocycles. The van der Waals surface area contributed by atoms with Crippen LogP contribution in [0.2, 0.25) is 0 Å². The van der Waals surface area contributed by atoms with Crippen LogP contribution in [0.4, 0.5) is 11.4 Å². The van der Waals surface area contributed by atoms with E-state index in [2.05, 4.69) is 5.32 Å². The highest BCUT2D eigenvalue weighted by molar-refractivity contribution is 5.64. The molecule has 1 saturated heterocycles. The van der Waals surface area contributed by atoms with Crippen LogP contribution in [0.3, 0.4) is 0 Å². The van der Waals surface area contributed by atoms with Crippen molar-refractivity contribution in [3.05, 3.63) is 28.3 Å². The monoisotopic (exact) mass is 266 g/mol. The van der Waals surface area contributed by atoms with E-state index in [-0.39, 0.29) is 17.8 Å². The number of nitrogens with one attached hydrogen (secondary N) is 1. The molecule has 2 atom stereocenters. The number of benzene rings is 1. The van der Waals surface area contributed by atoms with Crippen LogP contribution in [-0.2, 0) is 4.74 Å².